The van der Waals surface area contributed by atoms with Crippen molar-refractivity contribution in [3.8, 4) is 11.1 Å². The second-order valence-corrected chi connectivity index (χ2v) is 10.3. The molecule has 4 heterocycles. The Bertz CT molecular complexity index is 1330. The molecule has 5 rings (SSSR count). The highest BCUT2D eigenvalue weighted by Gasteiger charge is 2.32. The Morgan fingerprint density at radius 3 is 2.74 bits per heavy atom. The smallest absolute Gasteiger partial charge is 0.211 e. The fraction of sp³-hybridized carbons (Fsp3) is 0.348. The van der Waals surface area contributed by atoms with E-state index >= 15 is 0 Å². The van der Waals surface area contributed by atoms with Gasteiger partial charge in [0.1, 0.15) is 11.5 Å². The lowest BCUT2D eigenvalue weighted by Crippen LogP contribution is -2.34. The van der Waals surface area contributed by atoms with E-state index in [0.29, 0.717) is 19.5 Å². The van der Waals surface area contributed by atoms with Gasteiger partial charge in [-0.25, -0.2) is 17.8 Å². The van der Waals surface area contributed by atoms with Crippen LogP contribution in [0, 0.1) is 5.82 Å². The van der Waals surface area contributed by atoms with E-state index in [0.717, 1.165) is 51.1 Å². The van der Waals surface area contributed by atoms with Gasteiger partial charge in [-0.1, -0.05) is 13.0 Å². The minimum absolute atomic E-state index is 0.0762. The van der Waals surface area contributed by atoms with Crippen LogP contribution in [0.1, 0.15) is 37.1 Å². The average Bonchev–Trinajstić information content (AvgIpc) is 3.08. The fourth-order valence-corrected chi connectivity index (χ4v) is 5.77. The number of hydrogen-bond donors (Lipinski definition) is 1. The van der Waals surface area contributed by atoms with Crippen molar-refractivity contribution in [2.45, 2.75) is 25.8 Å². The number of nitrogens with zero attached hydrogens (tertiary/aromatic N) is 3. The summed E-state index contributed by atoms with van der Waals surface area (Å²) in [5.41, 5.74) is 6.85. The lowest BCUT2D eigenvalue weighted by atomic mass is 9.93. The molecule has 0 spiro atoms. The van der Waals surface area contributed by atoms with Gasteiger partial charge in [-0.05, 0) is 48.2 Å². The molecule has 0 saturated heterocycles. The van der Waals surface area contributed by atoms with Gasteiger partial charge < -0.3 is 9.88 Å². The van der Waals surface area contributed by atoms with E-state index in [1.165, 1.54) is 16.6 Å². The molecular formula is C23H25FN4O2S. The van der Waals surface area contributed by atoms with E-state index < -0.39 is 10.0 Å². The second kappa shape index (κ2) is 7.17. The van der Waals surface area contributed by atoms with Gasteiger partial charge in [0.2, 0.25) is 10.0 Å². The van der Waals surface area contributed by atoms with Crippen molar-refractivity contribution in [3.05, 3.63) is 53.6 Å². The summed E-state index contributed by atoms with van der Waals surface area (Å²) in [7, 11) is -1.17. The van der Waals surface area contributed by atoms with E-state index in [1.807, 2.05) is 25.3 Å². The largest absolute Gasteiger partial charge is 0.367 e. The van der Waals surface area contributed by atoms with E-state index in [1.54, 1.807) is 12.3 Å². The normalized spacial score (nSPS) is 19.3. The van der Waals surface area contributed by atoms with Crippen LogP contribution >= 0.6 is 0 Å². The van der Waals surface area contributed by atoms with Crippen LogP contribution in [0.5, 0.6) is 0 Å². The summed E-state index contributed by atoms with van der Waals surface area (Å²) in [6.45, 7) is 2.97. The molecule has 2 aliphatic heterocycles. The van der Waals surface area contributed by atoms with Crippen molar-refractivity contribution in [1.82, 2.24) is 14.3 Å². The van der Waals surface area contributed by atoms with Crippen molar-refractivity contribution in [2.24, 2.45) is 0 Å². The number of aromatic amines is 1. The first kappa shape index (κ1) is 20.2. The van der Waals surface area contributed by atoms with Crippen molar-refractivity contribution < 1.29 is 12.8 Å². The molecule has 6 nitrogen and oxygen atoms in total. The third-order valence-electron chi connectivity index (χ3n) is 6.51. The molecule has 1 atom stereocenters. The number of benzene rings is 1. The molecule has 0 bridgehead atoms. The molecule has 2 aliphatic rings. The minimum atomic E-state index is -3.22. The summed E-state index contributed by atoms with van der Waals surface area (Å²) < 4.78 is 39.6. The Labute approximate surface area is 181 Å². The summed E-state index contributed by atoms with van der Waals surface area (Å²) in [4.78, 5) is 10.3. The number of fused-ring (bicyclic) bond motifs is 2. The minimum Gasteiger partial charge on any atom is -0.367 e. The molecule has 0 fully saturated rings. The van der Waals surface area contributed by atoms with Gasteiger partial charge in [-0.15, -0.1) is 0 Å². The molecule has 1 unspecified atom stereocenters. The molecule has 162 valence electrons. The maximum atomic E-state index is 14.2. The molecule has 31 heavy (non-hydrogen) atoms. The van der Waals surface area contributed by atoms with Crippen molar-refractivity contribution in [3.63, 3.8) is 0 Å². The maximum absolute atomic E-state index is 14.2. The predicted octanol–water partition coefficient (Wildman–Crippen LogP) is 4.32. The van der Waals surface area contributed by atoms with Crippen molar-refractivity contribution in [1.29, 1.82) is 0 Å². The van der Waals surface area contributed by atoms with Gasteiger partial charge in [0, 0.05) is 54.2 Å². The number of nitrogens with one attached hydrogen (secondary N) is 1. The van der Waals surface area contributed by atoms with Crippen LogP contribution in [0.25, 0.3) is 27.7 Å². The Balaban J connectivity index is 1.75. The molecular weight excluding hydrogens is 415 g/mol. The Morgan fingerprint density at radius 1 is 1.26 bits per heavy atom. The summed E-state index contributed by atoms with van der Waals surface area (Å²) in [5, 5.41) is 1.02. The van der Waals surface area contributed by atoms with E-state index in [-0.39, 0.29) is 11.9 Å². The number of H-pyrrole nitrogens is 1. The van der Waals surface area contributed by atoms with E-state index in [2.05, 4.69) is 21.8 Å². The summed E-state index contributed by atoms with van der Waals surface area (Å²) in [5.74, 6) is -0.264. The predicted molar refractivity (Wildman–Crippen MR) is 122 cm³/mol. The van der Waals surface area contributed by atoms with Crippen LogP contribution in [-0.2, 0) is 10.0 Å². The Morgan fingerprint density at radius 2 is 2.06 bits per heavy atom. The molecule has 3 aromatic rings. The quantitative estimate of drug-likeness (QED) is 0.659. The standard InChI is InChI=1S/C23H25FN4O2S/c1-4-18-21-20-16(17-13-15(24)5-6-19(17)27(18)2)7-10-25-23(20)26-22(21)14-8-11-28(12-9-14)31(3,29)30/h5-8,10,13,18H,4,9,11-12H2,1-3H3,(H,25,26). The lowest BCUT2D eigenvalue weighted by molar-refractivity contribution is 0.445. The number of pyridine rings is 1. The number of halogens is 1. The highest BCUT2D eigenvalue weighted by Crippen LogP contribution is 2.48. The zero-order chi connectivity index (χ0) is 21.9. The SMILES string of the molecule is CCC1c2c(C3=CCN(S(C)(=O)=O)CC3)[nH]c3nccc(c23)-c2cc(F)ccc2N1C. The van der Waals surface area contributed by atoms with Gasteiger partial charge >= 0.3 is 0 Å². The summed E-state index contributed by atoms with van der Waals surface area (Å²) in [6.07, 6.45) is 6.49. The highest BCUT2D eigenvalue weighted by atomic mass is 32.2. The Hall–Kier alpha value is -2.71. The van der Waals surface area contributed by atoms with Crippen LogP contribution in [0.3, 0.4) is 0 Å². The highest BCUT2D eigenvalue weighted by molar-refractivity contribution is 7.88. The summed E-state index contributed by atoms with van der Waals surface area (Å²) in [6, 6.07) is 6.98. The number of hydrogen-bond acceptors (Lipinski definition) is 4. The molecule has 0 saturated carbocycles. The third-order valence-corrected chi connectivity index (χ3v) is 7.78. The van der Waals surface area contributed by atoms with Crippen LogP contribution < -0.4 is 4.90 Å². The van der Waals surface area contributed by atoms with Crippen LogP contribution in [-0.4, -0.2) is 49.1 Å². The van der Waals surface area contributed by atoms with Gasteiger partial charge in [-0.3, -0.25) is 0 Å². The summed E-state index contributed by atoms with van der Waals surface area (Å²) >= 11 is 0. The first-order valence-electron chi connectivity index (χ1n) is 10.5. The van der Waals surface area contributed by atoms with Crippen LogP contribution in [0.2, 0.25) is 0 Å². The molecule has 1 aromatic carbocycles. The molecule has 0 radical (unpaired) electrons. The van der Waals surface area contributed by atoms with Crippen molar-refractivity contribution >= 4 is 32.3 Å². The molecule has 8 heteroatoms. The molecule has 2 aromatic heterocycles. The van der Waals surface area contributed by atoms with E-state index in [9.17, 15) is 12.8 Å². The molecule has 1 N–H and O–H groups in total. The van der Waals surface area contributed by atoms with E-state index in [4.69, 9.17) is 0 Å². The first-order valence-corrected chi connectivity index (χ1v) is 12.3. The zero-order valence-electron chi connectivity index (χ0n) is 17.8. The second-order valence-electron chi connectivity index (χ2n) is 8.29. The molecule has 0 amide bonds. The third kappa shape index (κ3) is 3.16. The fourth-order valence-electron chi connectivity index (χ4n) is 5.00. The van der Waals surface area contributed by atoms with Crippen LogP contribution in [0.15, 0.2) is 36.5 Å². The monoisotopic (exact) mass is 440 g/mol. The van der Waals surface area contributed by atoms with Gasteiger partial charge in [0.15, 0.2) is 0 Å². The zero-order valence-corrected chi connectivity index (χ0v) is 18.6. The van der Waals surface area contributed by atoms with Crippen LogP contribution in [0.4, 0.5) is 10.1 Å². The van der Waals surface area contributed by atoms with Crippen molar-refractivity contribution in [2.75, 3.05) is 31.3 Å². The topological polar surface area (TPSA) is 69.3 Å². The van der Waals surface area contributed by atoms with Gasteiger partial charge in [-0.2, -0.15) is 4.31 Å². The maximum Gasteiger partial charge on any atom is 0.211 e. The lowest BCUT2D eigenvalue weighted by Gasteiger charge is -2.31. The number of aromatic nitrogens is 2. The number of sulfonamides is 1. The van der Waals surface area contributed by atoms with Gasteiger partial charge in [0.05, 0.1) is 12.3 Å². The number of rotatable bonds is 3. The average molecular weight is 441 g/mol. The Kier molecular flexibility index (Phi) is 4.67. The number of anilines is 1. The van der Waals surface area contributed by atoms with Gasteiger partial charge in [0.25, 0.3) is 0 Å². The molecule has 0 aliphatic carbocycles. The first-order chi connectivity index (χ1) is 14.8.